The van der Waals surface area contributed by atoms with Crippen LogP contribution in [0.5, 0.6) is 0 Å². The molecule has 2 fully saturated rings. The normalized spacial score (nSPS) is 31.6. The second-order valence-electron chi connectivity index (χ2n) is 4.08. The lowest BCUT2D eigenvalue weighted by Gasteiger charge is -2.28. The molecule has 0 bridgehead atoms. The van der Waals surface area contributed by atoms with Crippen LogP contribution in [-0.4, -0.2) is 64.2 Å². The summed E-state index contributed by atoms with van der Waals surface area (Å²) < 4.78 is 53.1. The topological polar surface area (TPSA) is 80.8 Å². The second-order valence-corrected chi connectivity index (χ2v) is 8.52. The van der Waals surface area contributed by atoms with Gasteiger partial charge in [-0.3, -0.25) is 0 Å². The molecule has 2 heterocycles. The first-order chi connectivity index (χ1) is 7.42. The Morgan fingerprint density at radius 2 is 1.81 bits per heavy atom. The molecule has 0 saturated carbocycles. The summed E-state index contributed by atoms with van der Waals surface area (Å²) in [6, 6.07) is 0. The summed E-state index contributed by atoms with van der Waals surface area (Å²) in [5.74, 6) is -0.242. The summed E-state index contributed by atoms with van der Waals surface area (Å²) in [7, 11) is -6.61. The van der Waals surface area contributed by atoms with Gasteiger partial charge in [-0.1, -0.05) is 0 Å². The van der Waals surface area contributed by atoms with Gasteiger partial charge in [-0.2, -0.15) is 4.31 Å². The summed E-state index contributed by atoms with van der Waals surface area (Å²) in [4.78, 5) is 0. The third-order valence-corrected chi connectivity index (χ3v) is 7.25. The number of hydrogen-bond donors (Lipinski definition) is 0. The lowest BCUT2D eigenvalue weighted by molar-refractivity contribution is 0.0727. The largest absolute Gasteiger partial charge is 0.379 e. The zero-order valence-electron chi connectivity index (χ0n) is 8.83. The van der Waals surface area contributed by atoms with Crippen LogP contribution in [0.4, 0.5) is 0 Å². The lowest BCUT2D eigenvalue weighted by Crippen LogP contribution is -2.45. The fourth-order valence-electron chi connectivity index (χ4n) is 2.01. The molecule has 0 aliphatic carbocycles. The highest BCUT2D eigenvalue weighted by atomic mass is 32.2. The molecule has 2 aliphatic rings. The summed E-state index contributed by atoms with van der Waals surface area (Å²) in [5, 5.41) is -0.754. The van der Waals surface area contributed by atoms with Crippen molar-refractivity contribution in [3.05, 3.63) is 0 Å². The maximum Gasteiger partial charge on any atom is 0.218 e. The van der Waals surface area contributed by atoms with E-state index in [1.165, 1.54) is 4.31 Å². The van der Waals surface area contributed by atoms with Crippen molar-refractivity contribution in [2.24, 2.45) is 0 Å². The predicted octanol–water partition coefficient (Wildman–Crippen LogP) is -1.16. The van der Waals surface area contributed by atoms with Gasteiger partial charge in [-0.25, -0.2) is 16.8 Å². The van der Waals surface area contributed by atoms with Crippen molar-refractivity contribution in [2.75, 3.05) is 37.8 Å². The number of sulfone groups is 1. The Morgan fingerprint density at radius 1 is 1.19 bits per heavy atom. The van der Waals surface area contributed by atoms with Crippen LogP contribution < -0.4 is 0 Å². The number of rotatable bonds is 2. The van der Waals surface area contributed by atoms with Gasteiger partial charge in [-0.05, 0) is 6.42 Å². The lowest BCUT2D eigenvalue weighted by atomic mass is 10.4. The molecular formula is C8H15NO5S2. The molecule has 0 N–H and O–H groups in total. The number of nitrogens with zero attached hydrogens (tertiary/aromatic N) is 1. The molecule has 2 aliphatic heterocycles. The third-order valence-electron chi connectivity index (χ3n) is 2.94. The monoisotopic (exact) mass is 269 g/mol. The first-order valence-electron chi connectivity index (χ1n) is 5.19. The van der Waals surface area contributed by atoms with E-state index in [-0.39, 0.29) is 17.9 Å². The van der Waals surface area contributed by atoms with Gasteiger partial charge in [0.15, 0.2) is 9.84 Å². The summed E-state index contributed by atoms with van der Waals surface area (Å²) in [6.07, 6.45) is 0.224. The van der Waals surface area contributed by atoms with E-state index >= 15 is 0 Å². The maximum atomic E-state index is 12.1. The molecule has 0 aromatic heterocycles. The van der Waals surface area contributed by atoms with Gasteiger partial charge in [-0.15, -0.1) is 0 Å². The minimum atomic E-state index is -3.46. The first-order valence-corrected chi connectivity index (χ1v) is 8.51. The van der Waals surface area contributed by atoms with E-state index in [1.54, 1.807) is 0 Å². The number of ether oxygens (including phenoxy) is 1. The van der Waals surface area contributed by atoms with Gasteiger partial charge < -0.3 is 4.74 Å². The van der Waals surface area contributed by atoms with Crippen LogP contribution >= 0.6 is 0 Å². The Kier molecular flexibility index (Phi) is 3.26. The van der Waals surface area contributed by atoms with E-state index in [0.717, 1.165) is 0 Å². The van der Waals surface area contributed by atoms with Crippen molar-refractivity contribution in [3.8, 4) is 0 Å². The van der Waals surface area contributed by atoms with Gasteiger partial charge >= 0.3 is 0 Å². The van der Waals surface area contributed by atoms with Crippen LogP contribution in [0, 0.1) is 0 Å². The third kappa shape index (κ3) is 2.39. The van der Waals surface area contributed by atoms with Gasteiger partial charge in [0.05, 0.1) is 30.0 Å². The van der Waals surface area contributed by atoms with Crippen molar-refractivity contribution < 1.29 is 21.6 Å². The van der Waals surface area contributed by atoms with Crippen molar-refractivity contribution in [3.63, 3.8) is 0 Å². The molecular weight excluding hydrogens is 254 g/mol. The second kappa shape index (κ2) is 4.25. The van der Waals surface area contributed by atoms with E-state index in [4.69, 9.17) is 4.74 Å². The highest BCUT2D eigenvalue weighted by molar-refractivity contribution is 7.95. The van der Waals surface area contributed by atoms with Gasteiger partial charge in [0.25, 0.3) is 0 Å². The van der Waals surface area contributed by atoms with Crippen molar-refractivity contribution >= 4 is 19.9 Å². The smallest absolute Gasteiger partial charge is 0.218 e. The molecule has 2 rings (SSSR count). The van der Waals surface area contributed by atoms with E-state index < -0.39 is 25.1 Å². The Labute approximate surface area is 95.5 Å². The Morgan fingerprint density at radius 3 is 2.31 bits per heavy atom. The first kappa shape index (κ1) is 12.3. The molecule has 6 nitrogen and oxygen atoms in total. The minimum absolute atomic E-state index is 0.0127. The van der Waals surface area contributed by atoms with Crippen LogP contribution in [-0.2, 0) is 24.6 Å². The molecule has 0 aromatic carbocycles. The fourth-order valence-corrected chi connectivity index (χ4v) is 6.51. The quantitative estimate of drug-likeness (QED) is 0.631. The van der Waals surface area contributed by atoms with Crippen LogP contribution in [0.2, 0.25) is 0 Å². The number of morpholine rings is 1. The summed E-state index contributed by atoms with van der Waals surface area (Å²) >= 11 is 0. The highest BCUT2D eigenvalue weighted by Gasteiger charge is 2.40. The molecule has 16 heavy (non-hydrogen) atoms. The molecule has 1 atom stereocenters. The Balaban J connectivity index is 2.13. The molecule has 94 valence electrons. The number of sulfonamides is 1. The molecule has 2 saturated heterocycles. The molecule has 0 aromatic rings. The Hall–Kier alpha value is -0.180. The van der Waals surface area contributed by atoms with Crippen LogP contribution in [0.3, 0.4) is 0 Å². The van der Waals surface area contributed by atoms with Crippen LogP contribution in [0.1, 0.15) is 6.42 Å². The standard InChI is InChI=1S/C8H15NO5S2/c10-15(11)6-1-8(7-15)16(12,13)9-2-4-14-5-3-9/h8H,1-7H2/t8-/m0/s1. The van der Waals surface area contributed by atoms with Gasteiger partial charge in [0, 0.05) is 13.1 Å². The predicted molar refractivity (Wildman–Crippen MR) is 58.4 cm³/mol. The number of hydrogen-bond acceptors (Lipinski definition) is 5. The molecule has 0 amide bonds. The molecule has 0 radical (unpaired) electrons. The van der Waals surface area contributed by atoms with Crippen molar-refractivity contribution in [1.29, 1.82) is 0 Å². The van der Waals surface area contributed by atoms with Gasteiger partial charge in [0.1, 0.15) is 0 Å². The van der Waals surface area contributed by atoms with E-state index in [2.05, 4.69) is 0 Å². The average molecular weight is 269 g/mol. The minimum Gasteiger partial charge on any atom is -0.379 e. The molecule has 8 heteroatoms. The van der Waals surface area contributed by atoms with E-state index in [9.17, 15) is 16.8 Å². The van der Waals surface area contributed by atoms with E-state index in [0.29, 0.717) is 26.3 Å². The zero-order chi connectivity index (χ0) is 11.8. The fraction of sp³-hybridized carbons (Fsp3) is 1.00. The van der Waals surface area contributed by atoms with Crippen LogP contribution in [0.15, 0.2) is 0 Å². The molecule has 0 spiro atoms. The zero-order valence-corrected chi connectivity index (χ0v) is 10.5. The SMILES string of the molecule is O=S1(=O)CC[C@H](S(=O)(=O)N2CCOCC2)C1. The van der Waals surface area contributed by atoms with E-state index in [1.807, 2.05) is 0 Å². The van der Waals surface area contributed by atoms with Gasteiger partial charge in [0.2, 0.25) is 10.0 Å². The van der Waals surface area contributed by atoms with Crippen molar-refractivity contribution in [1.82, 2.24) is 4.31 Å². The Bertz CT molecular complexity index is 449. The molecule has 0 unspecified atom stereocenters. The average Bonchev–Trinajstić information content (AvgIpc) is 2.61. The summed E-state index contributed by atoms with van der Waals surface area (Å²) in [5.41, 5.74) is 0. The van der Waals surface area contributed by atoms with Crippen molar-refractivity contribution in [2.45, 2.75) is 11.7 Å². The summed E-state index contributed by atoms with van der Waals surface area (Å²) in [6.45, 7) is 1.44. The maximum absolute atomic E-state index is 12.1. The van der Waals surface area contributed by atoms with Crippen LogP contribution in [0.25, 0.3) is 0 Å². The highest BCUT2D eigenvalue weighted by Crippen LogP contribution is 2.22.